The van der Waals surface area contributed by atoms with Gasteiger partial charge in [-0.1, -0.05) is 0 Å². The van der Waals surface area contributed by atoms with Gasteiger partial charge in [-0.25, -0.2) is 4.52 Å². The molecule has 2 aromatic rings. The van der Waals surface area contributed by atoms with E-state index < -0.39 is 0 Å². The minimum atomic E-state index is -0.165. The highest BCUT2D eigenvalue weighted by Gasteiger charge is 2.10. The Kier molecular flexibility index (Phi) is 2.17. The normalized spacial score (nSPS) is 12.6. The number of rotatable bonds is 2. The highest BCUT2D eigenvalue weighted by Crippen LogP contribution is 2.18. The van der Waals surface area contributed by atoms with Crippen molar-refractivity contribution in [2.75, 3.05) is 0 Å². The number of nitrogens with two attached hydrogens (primary N) is 1. The lowest BCUT2D eigenvalue weighted by atomic mass is 10.1. The zero-order valence-corrected chi connectivity index (χ0v) is 7.59. The molecule has 1 atom stereocenters. The third-order valence-electron chi connectivity index (χ3n) is 2.09. The molecule has 14 heavy (non-hydrogen) atoms. The van der Waals surface area contributed by atoms with Crippen molar-refractivity contribution in [3.63, 3.8) is 0 Å². The average Bonchev–Trinajstić information content (AvgIpc) is 2.61. The predicted molar refractivity (Wildman–Crippen MR) is 53.4 cm³/mol. The van der Waals surface area contributed by atoms with E-state index in [1.54, 1.807) is 29.3 Å². The fourth-order valence-electron chi connectivity index (χ4n) is 1.38. The Hall–Kier alpha value is -1.86. The van der Waals surface area contributed by atoms with E-state index in [0.29, 0.717) is 6.42 Å². The van der Waals surface area contributed by atoms with Crippen LogP contribution in [0.15, 0.2) is 24.8 Å². The van der Waals surface area contributed by atoms with Gasteiger partial charge in [0.15, 0.2) is 0 Å². The largest absolute Gasteiger partial charge is 0.323 e. The molecule has 0 spiro atoms. The van der Waals surface area contributed by atoms with Gasteiger partial charge in [-0.15, -0.1) is 12.3 Å². The molecule has 0 amide bonds. The van der Waals surface area contributed by atoms with Gasteiger partial charge in [0.1, 0.15) is 0 Å². The van der Waals surface area contributed by atoms with Gasteiger partial charge in [0, 0.05) is 30.4 Å². The van der Waals surface area contributed by atoms with Gasteiger partial charge >= 0.3 is 0 Å². The first-order chi connectivity index (χ1) is 6.83. The topological polar surface area (TPSA) is 56.2 Å². The highest BCUT2D eigenvalue weighted by molar-refractivity contribution is 5.53. The van der Waals surface area contributed by atoms with Crippen LogP contribution < -0.4 is 5.73 Å². The maximum absolute atomic E-state index is 5.89. The monoisotopic (exact) mass is 186 g/mol. The molecule has 2 heterocycles. The van der Waals surface area contributed by atoms with E-state index in [4.69, 9.17) is 12.2 Å². The Labute approximate surface area is 81.8 Å². The second kappa shape index (κ2) is 3.48. The van der Waals surface area contributed by atoms with E-state index in [1.807, 2.05) is 0 Å². The zero-order chi connectivity index (χ0) is 9.97. The quantitative estimate of drug-likeness (QED) is 0.704. The summed E-state index contributed by atoms with van der Waals surface area (Å²) in [5.74, 6) is 2.54. The molecule has 4 heteroatoms. The third kappa shape index (κ3) is 1.34. The lowest BCUT2D eigenvalue weighted by Crippen LogP contribution is -2.08. The number of fused-ring (bicyclic) bond motifs is 1. The number of hydrogen-bond acceptors (Lipinski definition) is 3. The van der Waals surface area contributed by atoms with E-state index in [-0.39, 0.29) is 6.04 Å². The molecule has 0 aliphatic rings. The molecular weight excluding hydrogens is 176 g/mol. The Bertz CT molecular complexity index is 480. The summed E-state index contributed by atoms with van der Waals surface area (Å²) >= 11 is 0. The second-order valence-corrected chi connectivity index (χ2v) is 3.02. The van der Waals surface area contributed by atoms with Crippen LogP contribution in [0.2, 0.25) is 0 Å². The molecule has 0 aromatic carbocycles. The van der Waals surface area contributed by atoms with Crippen molar-refractivity contribution < 1.29 is 0 Å². The molecule has 2 rings (SSSR count). The van der Waals surface area contributed by atoms with Gasteiger partial charge in [-0.3, -0.25) is 4.98 Å². The first-order valence-corrected chi connectivity index (χ1v) is 4.29. The molecule has 2 aromatic heterocycles. The van der Waals surface area contributed by atoms with Crippen LogP contribution in [-0.2, 0) is 0 Å². The summed E-state index contributed by atoms with van der Waals surface area (Å²) in [6.45, 7) is 0. The lowest BCUT2D eigenvalue weighted by molar-refractivity contribution is 0.761. The Morgan fingerprint density at radius 1 is 1.57 bits per heavy atom. The minimum absolute atomic E-state index is 0.165. The van der Waals surface area contributed by atoms with E-state index in [0.717, 1.165) is 11.1 Å². The van der Waals surface area contributed by atoms with Crippen molar-refractivity contribution in [3.8, 4) is 12.3 Å². The number of hydrogen-bond donors (Lipinski definition) is 1. The molecular formula is C10H10N4. The van der Waals surface area contributed by atoms with E-state index in [2.05, 4.69) is 16.0 Å². The molecule has 0 fully saturated rings. The molecule has 70 valence electrons. The minimum Gasteiger partial charge on any atom is -0.323 e. The molecule has 0 saturated heterocycles. The predicted octanol–water partition coefficient (Wildman–Crippen LogP) is 0.752. The zero-order valence-electron chi connectivity index (χ0n) is 7.59. The van der Waals surface area contributed by atoms with Crippen LogP contribution in [0.1, 0.15) is 18.0 Å². The van der Waals surface area contributed by atoms with E-state index in [9.17, 15) is 0 Å². The summed E-state index contributed by atoms with van der Waals surface area (Å²) in [5, 5.41) is 4.15. The molecule has 2 N–H and O–H groups in total. The number of nitrogens with zero attached hydrogens (tertiary/aromatic N) is 3. The smallest absolute Gasteiger partial charge is 0.0892 e. The van der Waals surface area contributed by atoms with Crippen molar-refractivity contribution in [2.45, 2.75) is 12.5 Å². The van der Waals surface area contributed by atoms with Gasteiger partial charge in [-0.05, 0) is 0 Å². The third-order valence-corrected chi connectivity index (χ3v) is 2.09. The van der Waals surface area contributed by atoms with Crippen LogP contribution in [0, 0.1) is 12.3 Å². The summed E-state index contributed by atoms with van der Waals surface area (Å²) in [4.78, 5) is 4.02. The van der Waals surface area contributed by atoms with E-state index in [1.165, 1.54) is 0 Å². The van der Waals surface area contributed by atoms with Crippen molar-refractivity contribution in [2.24, 2.45) is 5.73 Å². The van der Waals surface area contributed by atoms with Crippen LogP contribution in [0.25, 0.3) is 5.52 Å². The van der Waals surface area contributed by atoms with Gasteiger partial charge in [0.2, 0.25) is 0 Å². The highest BCUT2D eigenvalue weighted by atomic mass is 15.2. The Balaban J connectivity index is 2.48. The number of terminal acetylenes is 1. The molecule has 0 aliphatic carbocycles. The van der Waals surface area contributed by atoms with Crippen molar-refractivity contribution in [1.29, 1.82) is 0 Å². The molecule has 0 aliphatic heterocycles. The molecule has 0 saturated carbocycles. The maximum Gasteiger partial charge on any atom is 0.0892 e. The van der Waals surface area contributed by atoms with Gasteiger partial charge in [0.05, 0.1) is 17.9 Å². The van der Waals surface area contributed by atoms with Crippen LogP contribution in [0.3, 0.4) is 0 Å². The summed E-state index contributed by atoms with van der Waals surface area (Å²) in [7, 11) is 0. The lowest BCUT2D eigenvalue weighted by Gasteiger charge is -2.04. The van der Waals surface area contributed by atoms with Crippen molar-refractivity contribution in [3.05, 3.63) is 30.4 Å². The SMILES string of the molecule is C#CCC(N)c1cnn2ccncc12. The summed E-state index contributed by atoms with van der Waals surface area (Å²) < 4.78 is 1.73. The van der Waals surface area contributed by atoms with E-state index >= 15 is 0 Å². The average molecular weight is 186 g/mol. The first-order valence-electron chi connectivity index (χ1n) is 4.29. The Morgan fingerprint density at radius 2 is 2.43 bits per heavy atom. The van der Waals surface area contributed by atoms with Crippen molar-refractivity contribution >= 4 is 5.52 Å². The van der Waals surface area contributed by atoms with Crippen LogP contribution in [0.4, 0.5) is 0 Å². The summed E-state index contributed by atoms with van der Waals surface area (Å²) in [6.07, 6.45) is 12.6. The molecule has 4 nitrogen and oxygen atoms in total. The van der Waals surface area contributed by atoms with Crippen LogP contribution in [0.5, 0.6) is 0 Å². The maximum atomic E-state index is 5.89. The molecule has 0 radical (unpaired) electrons. The fourth-order valence-corrected chi connectivity index (χ4v) is 1.38. The van der Waals surface area contributed by atoms with Crippen LogP contribution in [-0.4, -0.2) is 14.6 Å². The summed E-state index contributed by atoms with van der Waals surface area (Å²) in [5.41, 5.74) is 7.75. The standard InChI is InChI=1S/C10H10N4/c1-2-3-9(11)8-6-13-14-5-4-12-7-10(8)14/h1,4-7,9H,3,11H2. The first kappa shape index (κ1) is 8.73. The van der Waals surface area contributed by atoms with Gasteiger partial charge in [-0.2, -0.15) is 5.10 Å². The Morgan fingerprint density at radius 3 is 3.21 bits per heavy atom. The summed E-state index contributed by atoms with van der Waals surface area (Å²) in [6, 6.07) is -0.165. The number of aromatic nitrogens is 3. The van der Waals surface area contributed by atoms with Crippen LogP contribution >= 0.6 is 0 Å². The second-order valence-electron chi connectivity index (χ2n) is 3.02. The van der Waals surface area contributed by atoms with Gasteiger partial charge in [0.25, 0.3) is 0 Å². The molecule has 0 bridgehead atoms. The van der Waals surface area contributed by atoms with Crippen molar-refractivity contribution in [1.82, 2.24) is 14.6 Å². The fraction of sp³-hybridized carbons (Fsp3) is 0.200. The van der Waals surface area contributed by atoms with Gasteiger partial charge < -0.3 is 5.73 Å². The molecule has 1 unspecified atom stereocenters.